The minimum Gasteiger partial charge on any atom is -0.157 e. The van der Waals surface area contributed by atoms with Crippen molar-refractivity contribution in [3.8, 4) is 5.69 Å². The number of rotatable bonds is 1. The van der Waals surface area contributed by atoms with E-state index >= 15 is 0 Å². The van der Waals surface area contributed by atoms with Crippen LogP contribution < -0.4 is 0 Å². The molecule has 0 atom stereocenters. The zero-order valence-electron chi connectivity index (χ0n) is 6.51. The Hall–Kier alpha value is -1.64. The molecule has 0 amide bonds. The second kappa shape index (κ2) is 2.77. The predicted octanol–water partition coefficient (Wildman–Crippen LogP) is 1.45. The highest BCUT2D eigenvalue weighted by Gasteiger charge is 1.95. The van der Waals surface area contributed by atoms with Crippen molar-refractivity contribution in [1.29, 1.82) is 0 Å². The van der Waals surface area contributed by atoms with Gasteiger partial charge in [-0.1, -0.05) is 12.1 Å². The van der Waals surface area contributed by atoms with Crippen molar-refractivity contribution in [3.63, 3.8) is 0 Å². The van der Waals surface area contributed by atoms with Gasteiger partial charge in [0.2, 0.25) is 0 Å². The molecule has 0 aliphatic carbocycles. The molecule has 0 unspecified atom stereocenters. The summed E-state index contributed by atoms with van der Waals surface area (Å²) in [6.07, 6.45) is 3.30. The first-order valence-corrected chi connectivity index (χ1v) is 3.65. The van der Waals surface area contributed by atoms with Gasteiger partial charge < -0.3 is 0 Å². The van der Waals surface area contributed by atoms with Crippen molar-refractivity contribution < 1.29 is 0 Å². The summed E-state index contributed by atoms with van der Waals surface area (Å²) < 4.78 is 0. The second-order valence-corrected chi connectivity index (χ2v) is 2.49. The molecule has 0 N–H and O–H groups in total. The van der Waals surface area contributed by atoms with Crippen LogP contribution in [0.5, 0.6) is 0 Å². The Morgan fingerprint density at radius 1 is 1.17 bits per heavy atom. The number of benzene rings is 1. The minimum atomic E-state index is 0.938. The maximum Gasteiger partial charge on any atom is 0.0859 e. The van der Waals surface area contributed by atoms with Crippen molar-refractivity contribution >= 4 is 0 Å². The van der Waals surface area contributed by atoms with E-state index in [-0.39, 0.29) is 0 Å². The molecule has 3 heteroatoms. The van der Waals surface area contributed by atoms with Crippen LogP contribution in [0, 0.1) is 6.92 Å². The highest BCUT2D eigenvalue weighted by molar-refractivity contribution is 5.34. The topological polar surface area (TPSA) is 30.7 Å². The van der Waals surface area contributed by atoms with Crippen LogP contribution in [0.25, 0.3) is 5.69 Å². The van der Waals surface area contributed by atoms with Gasteiger partial charge in [-0.25, -0.2) is 0 Å². The third-order valence-electron chi connectivity index (χ3n) is 1.56. The van der Waals surface area contributed by atoms with Gasteiger partial charge in [-0.2, -0.15) is 15.0 Å². The maximum atomic E-state index is 4.01. The van der Waals surface area contributed by atoms with Gasteiger partial charge in [0.25, 0.3) is 0 Å². The molecule has 3 nitrogen and oxygen atoms in total. The highest BCUT2D eigenvalue weighted by atomic mass is 15.5. The Morgan fingerprint density at radius 3 is 2.58 bits per heavy atom. The zero-order valence-corrected chi connectivity index (χ0v) is 6.51. The lowest BCUT2D eigenvalue weighted by Gasteiger charge is -1.98. The Labute approximate surface area is 70.6 Å². The summed E-state index contributed by atoms with van der Waals surface area (Å²) in [5.41, 5.74) is 1.90. The molecule has 1 aromatic heterocycles. The average molecular weight is 158 g/mol. The molecule has 0 aliphatic heterocycles. The van der Waals surface area contributed by atoms with E-state index in [1.165, 1.54) is 0 Å². The Morgan fingerprint density at radius 2 is 1.92 bits per heavy atom. The number of nitrogens with zero attached hydrogens (tertiary/aromatic N) is 3. The molecule has 12 heavy (non-hydrogen) atoms. The Bertz CT molecular complexity index is 365. The smallest absolute Gasteiger partial charge is 0.0859 e. The highest BCUT2D eigenvalue weighted by Crippen LogP contribution is 2.06. The lowest BCUT2D eigenvalue weighted by molar-refractivity contribution is 0.751. The molecule has 2 aromatic rings. The van der Waals surface area contributed by atoms with Crippen LogP contribution in [0.15, 0.2) is 36.7 Å². The van der Waals surface area contributed by atoms with Crippen LogP contribution in [0.1, 0.15) is 5.56 Å². The summed E-state index contributed by atoms with van der Waals surface area (Å²) in [4.78, 5) is 1.56. The Kier molecular flexibility index (Phi) is 1.63. The molecule has 1 radical (unpaired) electrons. The first-order valence-electron chi connectivity index (χ1n) is 3.65. The zero-order chi connectivity index (χ0) is 8.39. The van der Waals surface area contributed by atoms with Crippen molar-refractivity contribution in [2.75, 3.05) is 0 Å². The van der Waals surface area contributed by atoms with Crippen LogP contribution >= 0.6 is 0 Å². The SMILES string of the molecule is [CH2]c1cccc(-n2nccn2)c1. The molecule has 59 valence electrons. The lowest BCUT2D eigenvalue weighted by Crippen LogP contribution is -1.97. The van der Waals surface area contributed by atoms with Gasteiger partial charge in [0.05, 0.1) is 18.1 Å². The van der Waals surface area contributed by atoms with Crippen LogP contribution in [0.4, 0.5) is 0 Å². The van der Waals surface area contributed by atoms with E-state index in [4.69, 9.17) is 0 Å². The molecule has 0 bridgehead atoms. The molecule has 0 fully saturated rings. The molecule has 2 rings (SSSR count). The lowest BCUT2D eigenvalue weighted by atomic mass is 10.2. The number of aromatic nitrogens is 3. The average Bonchev–Trinajstić information content (AvgIpc) is 2.56. The van der Waals surface area contributed by atoms with E-state index in [0.29, 0.717) is 0 Å². The van der Waals surface area contributed by atoms with E-state index in [2.05, 4.69) is 17.1 Å². The van der Waals surface area contributed by atoms with E-state index in [9.17, 15) is 0 Å². The summed E-state index contributed by atoms with van der Waals surface area (Å²) >= 11 is 0. The molecule has 1 heterocycles. The van der Waals surface area contributed by atoms with Gasteiger partial charge in [0.15, 0.2) is 0 Å². The maximum absolute atomic E-state index is 4.01. The largest absolute Gasteiger partial charge is 0.157 e. The third-order valence-corrected chi connectivity index (χ3v) is 1.56. The second-order valence-electron chi connectivity index (χ2n) is 2.49. The summed E-state index contributed by atoms with van der Waals surface area (Å²) in [5, 5.41) is 8.01. The van der Waals surface area contributed by atoms with E-state index < -0.39 is 0 Å². The normalized spacial score (nSPS) is 10.1. The van der Waals surface area contributed by atoms with Gasteiger partial charge in [0.1, 0.15) is 0 Å². The van der Waals surface area contributed by atoms with Crippen molar-refractivity contribution in [1.82, 2.24) is 15.0 Å². The van der Waals surface area contributed by atoms with E-state index in [1.54, 1.807) is 17.2 Å². The monoisotopic (exact) mass is 158 g/mol. The predicted molar refractivity (Wildman–Crippen MR) is 45.8 cm³/mol. The van der Waals surface area contributed by atoms with E-state index in [0.717, 1.165) is 11.3 Å². The standard InChI is InChI=1S/C9H8N3/c1-8-3-2-4-9(7-8)12-10-5-6-11-12/h2-7H,1H2. The summed E-state index contributed by atoms with van der Waals surface area (Å²) in [6.45, 7) is 3.82. The molecular weight excluding hydrogens is 150 g/mol. The van der Waals surface area contributed by atoms with E-state index in [1.807, 2.05) is 24.3 Å². The summed E-state index contributed by atoms with van der Waals surface area (Å²) in [7, 11) is 0. The molecular formula is C9H8N3. The van der Waals surface area contributed by atoms with Crippen molar-refractivity contribution in [2.45, 2.75) is 0 Å². The molecule has 0 spiro atoms. The number of hydrogen-bond donors (Lipinski definition) is 0. The number of hydrogen-bond acceptors (Lipinski definition) is 2. The van der Waals surface area contributed by atoms with Gasteiger partial charge >= 0.3 is 0 Å². The van der Waals surface area contributed by atoms with Gasteiger partial charge in [-0.3, -0.25) is 0 Å². The molecule has 0 saturated carbocycles. The van der Waals surface area contributed by atoms with Crippen LogP contribution in [0.2, 0.25) is 0 Å². The fourth-order valence-corrected chi connectivity index (χ4v) is 1.03. The third kappa shape index (κ3) is 1.21. The summed E-state index contributed by atoms with van der Waals surface area (Å²) in [5.74, 6) is 0. The minimum absolute atomic E-state index is 0.938. The van der Waals surface area contributed by atoms with Crippen molar-refractivity contribution in [2.24, 2.45) is 0 Å². The van der Waals surface area contributed by atoms with Gasteiger partial charge in [-0.05, 0) is 24.6 Å². The molecule has 1 aromatic carbocycles. The van der Waals surface area contributed by atoms with Crippen LogP contribution in [0.3, 0.4) is 0 Å². The Balaban J connectivity index is 2.48. The first kappa shape index (κ1) is 7.03. The van der Waals surface area contributed by atoms with Gasteiger partial charge in [-0.15, -0.1) is 0 Å². The fraction of sp³-hybridized carbons (Fsp3) is 0. The first-order chi connectivity index (χ1) is 5.86. The molecule has 0 saturated heterocycles. The fourth-order valence-electron chi connectivity index (χ4n) is 1.03. The van der Waals surface area contributed by atoms with Crippen molar-refractivity contribution in [3.05, 3.63) is 49.1 Å². The quantitative estimate of drug-likeness (QED) is 0.628. The summed E-state index contributed by atoms with van der Waals surface area (Å²) in [6, 6.07) is 7.74. The van der Waals surface area contributed by atoms with Crippen LogP contribution in [-0.2, 0) is 0 Å². The van der Waals surface area contributed by atoms with Crippen LogP contribution in [-0.4, -0.2) is 15.0 Å². The van der Waals surface area contributed by atoms with Gasteiger partial charge in [0, 0.05) is 0 Å². The molecule has 0 aliphatic rings.